The Morgan fingerprint density at radius 2 is 1.74 bits per heavy atom. The van der Waals surface area contributed by atoms with Crippen molar-refractivity contribution in [3.63, 3.8) is 0 Å². The topological polar surface area (TPSA) is 29.1 Å². The Labute approximate surface area is 122 Å². The quantitative estimate of drug-likeness (QED) is 0.911. The van der Waals surface area contributed by atoms with Gasteiger partial charge in [0.05, 0.1) is 12.5 Å². The van der Waals surface area contributed by atoms with E-state index in [1.54, 1.807) is 0 Å². The first-order chi connectivity index (χ1) is 9.15. The molecule has 3 heteroatoms. The van der Waals surface area contributed by atoms with Crippen LogP contribution in [0.25, 0.3) is 0 Å². The lowest BCUT2D eigenvalue weighted by atomic mass is 10.1. The molecule has 0 aliphatic carbocycles. The van der Waals surface area contributed by atoms with E-state index < -0.39 is 0 Å². The fourth-order valence-corrected chi connectivity index (χ4v) is 2.17. The first-order valence-corrected chi connectivity index (χ1v) is 7.03. The minimum atomic E-state index is 0.0179. The van der Waals surface area contributed by atoms with Crippen LogP contribution in [0.5, 0.6) is 0 Å². The van der Waals surface area contributed by atoms with Gasteiger partial charge in [-0.3, -0.25) is 4.79 Å². The van der Waals surface area contributed by atoms with Crippen molar-refractivity contribution in [3.8, 4) is 0 Å². The standard InChI is InChI=1S/C16H16BrNO/c1-12(14-7-9-15(17)10-8-14)18-16(19)11-13-5-3-2-4-6-13/h2-10,12H,11H2,1H3,(H,18,19). The summed E-state index contributed by atoms with van der Waals surface area (Å²) in [6.45, 7) is 1.99. The Morgan fingerprint density at radius 1 is 1.11 bits per heavy atom. The Hall–Kier alpha value is -1.61. The fraction of sp³-hybridized carbons (Fsp3) is 0.188. The molecule has 2 aromatic rings. The van der Waals surface area contributed by atoms with E-state index in [0.29, 0.717) is 6.42 Å². The van der Waals surface area contributed by atoms with Crippen LogP contribution in [0.15, 0.2) is 59.1 Å². The molecule has 2 nitrogen and oxygen atoms in total. The van der Waals surface area contributed by atoms with Gasteiger partial charge in [-0.2, -0.15) is 0 Å². The Kier molecular flexibility index (Phi) is 4.74. The van der Waals surface area contributed by atoms with Crippen LogP contribution >= 0.6 is 15.9 Å². The van der Waals surface area contributed by atoms with E-state index in [-0.39, 0.29) is 11.9 Å². The van der Waals surface area contributed by atoms with Gasteiger partial charge in [0, 0.05) is 4.47 Å². The van der Waals surface area contributed by atoms with Crippen LogP contribution in [0, 0.1) is 0 Å². The summed E-state index contributed by atoms with van der Waals surface area (Å²) < 4.78 is 1.04. The lowest BCUT2D eigenvalue weighted by Gasteiger charge is -2.14. The third-order valence-corrected chi connectivity index (χ3v) is 3.48. The number of halogens is 1. The molecule has 0 fully saturated rings. The highest BCUT2D eigenvalue weighted by Gasteiger charge is 2.09. The van der Waals surface area contributed by atoms with Gasteiger partial charge >= 0.3 is 0 Å². The third kappa shape index (κ3) is 4.21. The largest absolute Gasteiger partial charge is 0.349 e. The number of hydrogen-bond acceptors (Lipinski definition) is 1. The van der Waals surface area contributed by atoms with Crippen molar-refractivity contribution in [2.75, 3.05) is 0 Å². The van der Waals surface area contributed by atoms with Crippen LogP contribution in [-0.2, 0) is 11.2 Å². The molecule has 0 heterocycles. The molecule has 1 N–H and O–H groups in total. The first-order valence-electron chi connectivity index (χ1n) is 6.24. The zero-order chi connectivity index (χ0) is 13.7. The number of benzene rings is 2. The van der Waals surface area contributed by atoms with E-state index in [4.69, 9.17) is 0 Å². The van der Waals surface area contributed by atoms with Gasteiger partial charge in [0.1, 0.15) is 0 Å². The summed E-state index contributed by atoms with van der Waals surface area (Å²) in [5, 5.41) is 3.01. The zero-order valence-corrected chi connectivity index (χ0v) is 12.4. The van der Waals surface area contributed by atoms with Gasteiger partial charge < -0.3 is 5.32 Å². The van der Waals surface area contributed by atoms with Gasteiger partial charge in [0.15, 0.2) is 0 Å². The number of hydrogen-bond donors (Lipinski definition) is 1. The highest BCUT2D eigenvalue weighted by molar-refractivity contribution is 9.10. The van der Waals surface area contributed by atoms with Gasteiger partial charge in [-0.05, 0) is 30.2 Å². The van der Waals surface area contributed by atoms with Crippen molar-refractivity contribution in [1.29, 1.82) is 0 Å². The molecule has 19 heavy (non-hydrogen) atoms. The summed E-state index contributed by atoms with van der Waals surface area (Å²) in [6.07, 6.45) is 0.418. The lowest BCUT2D eigenvalue weighted by molar-refractivity contribution is -0.121. The van der Waals surface area contributed by atoms with Crippen LogP contribution in [0.1, 0.15) is 24.1 Å². The number of carbonyl (C=O) groups excluding carboxylic acids is 1. The van der Waals surface area contributed by atoms with Crippen molar-refractivity contribution in [3.05, 3.63) is 70.2 Å². The number of carbonyl (C=O) groups is 1. The molecule has 0 aromatic heterocycles. The second-order valence-corrected chi connectivity index (χ2v) is 5.42. The zero-order valence-electron chi connectivity index (χ0n) is 10.8. The molecule has 1 unspecified atom stereocenters. The molecule has 0 saturated carbocycles. The minimum Gasteiger partial charge on any atom is -0.349 e. The molecule has 0 radical (unpaired) electrons. The minimum absolute atomic E-state index is 0.0179. The van der Waals surface area contributed by atoms with E-state index >= 15 is 0 Å². The molecule has 0 spiro atoms. The Bertz CT molecular complexity index is 536. The first kappa shape index (κ1) is 13.8. The molecular weight excluding hydrogens is 302 g/mol. The summed E-state index contributed by atoms with van der Waals surface area (Å²) >= 11 is 3.40. The average Bonchev–Trinajstić information content (AvgIpc) is 2.40. The predicted molar refractivity (Wildman–Crippen MR) is 80.8 cm³/mol. The molecule has 2 aromatic carbocycles. The van der Waals surface area contributed by atoms with Crippen molar-refractivity contribution < 1.29 is 4.79 Å². The Balaban J connectivity index is 1.93. The van der Waals surface area contributed by atoms with Crippen molar-refractivity contribution in [2.45, 2.75) is 19.4 Å². The second kappa shape index (κ2) is 6.53. The van der Waals surface area contributed by atoms with Gasteiger partial charge in [0.2, 0.25) is 5.91 Å². The van der Waals surface area contributed by atoms with Gasteiger partial charge in [-0.15, -0.1) is 0 Å². The van der Waals surface area contributed by atoms with Crippen LogP contribution in [-0.4, -0.2) is 5.91 Å². The summed E-state index contributed by atoms with van der Waals surface area (Å²) in [6, 6.07) is 17.8. The van der Waals surface area contributed by atoms with Crippen LogP contribution in [0.4, 0.5) is 0 Å². The molecule has 2 rings (SSSR count). The monoisotopic (exact) mass is 317 g/mol. The average molecular weight is 318 g/mol. The van der Waals surface area contributed by atoms with E-state index in [0.717, 1.165) is 15.6 Å². The van der Waals surface area contributed by atoms with Crippen LogP contribution < -0.4 is 5.32 Å². The maximum absolute atomic E-state index is 11.9. The molecule has 0 aliphatic heterocycles. The van der Waals surface area contributed by atoms with Gasteiger partial charge in [-0.25, -0.2) is 0 Å². The van der Waals surface area contributed by atoms with Crippen molar-refractivity contribution in [1.82, 2.24) is 5.32 Å². The second-order valence-electron chi connectivity index (χ2n) is 4.50. The van der Waals surface area contributed by atoms with E-state index in [1.165, 1.54) is 0 Å². The fourth-order valence-electron chi connectivity index (χ4n) is 1.91. The Morgan fingerprint density at radius 3 is 2.37 bits per heavy atom. The molecule has 98 valence electrons. The summed E-state index contributed by atoms with van der Waals surface area (Å²) in [7, 11) is 0. The highest BCUT2D eigenvalue weighted by Crippen LogP contribution is 2.16. The van der Waals surface area contributed by atoms with E-state index in [2.05, 4.69) is 21.2 Å². The third-order valence-electron chi connectivity index (χ3n) is 2.96. The smallest absolute Gasteiger partial charge is 0.224 e. The van der Waals surface area contributed by atoms with Crippen LogP contribution in [0.3, 0.4) is 0 Å². The maximum atomic E-state index is 11.9. The highest BCUT2D eigenvalue weighted by atomic mass is 79.9. The number of nitrogens with one attached hydrogen (secondary N) is 1. The number of amides is 1. The lowest BCUT2D eigenvalue weighted by Crippen LogP contribution is -2.28. The molecule has 0 aliphatic rings. The van der Waals surface area contributed by atoms with Crippen molar-refractivity contribution in [2.24, 2.45) is 0 Å². The van der Waals surface area contributed by atoms with E-state index in [9.17, 15) is 4.79 Å². The molecule has 0 saturated heterocycles. The van der Waals surface area contributed by atoms with Crippen molar-refractivity contribution >= 4 is 21.8 Å². The molecule has 1 atom stereocenters. The van der Waals surface area contributed by atoms with Gasteiger partial charge in [-0.1, -0.05) is 58.4 Å². The predicted octanol–water partition coefficient (Wildman–Crippen LogP) is 3.87. The SMILES string of the molecule is CC(NC(=O)Cc1ccccc1)c1ccc(Br)cc1. The molecular formula is C16H16BrNO. The van der Waals surface area contributed by atoms with Gasteiger partial charge in [0.25, 0.3) is 0 Å². The van der Waals surface area contributed by atoms with E-state index in [1.807, 2.05) is 61.5 Å². The summed E-state index contributed by atoms with van der Waals surface area (Å²) in [5.41, 5.74) is 2.13. The molecule has 0 bridgehead atoms. The van der Waals surface area contributed by atoms with Crippen LogP contribution in [0.2, 0.25) is 0 Å². The number of rotatable bonds is 4. The summed E-state index contributed by atoms with van der Waals surface area (Å²) in [5.74, 6) is 0.0432. The molecule has 1 amide bonds. The summed E-state index contributed by atoms with van der Waals surface area (Å²) in [4.78, 5) is 11.9. The maximum Gasteiger partial charge on any atom is 0.224 e. The normalized spacial score (nSPS) is 11.9.